The summed E-state index contributed by atoms with van der Waals surface area (Å²) in [7, 11) is 1.61. The Morgan fingerprint density at radius 3 is 2.73 bits per heavy atom. The zero-order valence-corrected chi connectivity index (χ0v) is 16.1. The predicted molar refractivity (Wildman–Crippen MR) is 108 cm³/mol. The lowest BCUT2D eigenvalue weighted by atomic mass is 10.1. The molecule has 0 bridgehead atoms. The Morgan fingerprint density at radius 2 is 2.00 bits per heavy atom. The van der Waals surface area contributed by atoms with Crippen molar-refractivity contribution < 1.29 is 9.53 Å². The monoisotopic (exact) mass is 407 g/mol. The van der Waals surface area contributed by atoms with Gasteiger partial charge in [0.25, 0.3) is 0 Å². The van der Waals surface area contributed by atoms with Crippen molar-refractivity contribution in [2.75, 3.05) is 7.11 Å². The van der Waals surface area contributed by atoms with Gasteiger partial charge in [-0.25, -0.2) is 0 Å². The normalized spacial score (nSPS) is 18.5. The lowest BCUT2D eigenvalue weighted by molar-refractivity contribution is -0.118. The molecule has 1 amide bonds. The van der Waals surface area contributed by atoms with Gasteiger partial charge in [-0.3, -0.25) is 4.79 Å². The first kappa shape index (κ1) is 18.8. The third-order valence-corrected chi connectivity index (χ3v) is 5.34. The van der Waals surface area contributed by atoms with Crippen LogP contribution in [0.1, 0.15) is 11.1 Å². The number of hydrogen-bond donors (Lipinski definition) is 1. The molecule has 0 radical (unpaired) electrons. The van der Waals surface area contributed by atoms with Crippen LogP contribution in [0.5, 0.6) is 5.75 Å². The number of carbonyl (C=O) groups excluding carboxylic acids is 1. The summed E-state index contributed by atoms with van der Waals surface area (Å²) in [5, 5.41) is 12.1. The van der Waals surface area contributed by atoms with Gasteiger partial charge in [-0.1, -0.05) is 35.0 Å². The maximum atomic E-state index is 12.1. The fourth-order valence-electron chi connectivity index (χ4n) is 2.32. The molecule has 1 aliphatic rings. The number of carbonyl (C=O) groups is 1. The van der Waals surface area contributed by atoms with E-state index >= 15 is 0 Å². The molecule has 0 saturated carbocycles. The first-order valence-electron chi connectivity index (χ1n) is 7.71. The number of nitrogens with zero attached hydrogens (tertiary/aromatic N) is 2. The number of rotatable bonds is 5. The summed E-state index contributed by atoms with van der Waals surface area (Å²) in [6.07, 6.45) is 2.08. The Kier molecular flexibility index (Phi) is 6.19. The highest BCUT2D eigenvalue weighted by molar-refractivity contribution is 8.15. The minimum Gasteiger partial charge on any atom is -0.497 e. The SMILES string of the molecule is COc1ccc(/C=N/N=C2\NC(=O)C(Cc3cc(Cl)ccc3Cl)S2)cc1. The van der Waals surface area contributed by atoms with E-state index in [1.54, 1.807) is 31.5 Å². The zero-order chi connectivity index (χ0) is 18.5. The molecule has 134 valence electrons. The third kappa shape index (κ3) is 4.78. The standard InChI is InChI=1S/C18H15Cl2N3O2S/c1-25-14-5-2-11(3-6-14)10-21-23-18-22-17(24)16(26-18)9-12-8-13(19)4-7-15(12)20/h2-8,10,16H,9H2,1H3,(H,22,23,24)/b21-10+. The molecule has 0 aromatic heterocycles. The summed E-state index contributed by atoms with van der Waals surface area (Å²) in [6.45, 7) is 0. The smallest absolute Gasteiger partial charge is 0.239 e. The van der Waals surface area contributed by atoms with Crippen molar-refractivity contribution in [2.24, 2.45) is 10.2 Å². The minimum atomic E-state index is -0.319. The van der Waals surface area contributed by atoms with E-state index in [2.05, 4.69) is 15.5 Å². The molecule has 1 fully saturated rings. The highest BCUT2D eigenvalue weighted by atomic mass is 35.5. The first-order valence-corrected chi connectivity index (χ1v) is 9.35. The van der Waals surface area contributed by atoms with Gasteiger partial charge in [-0.15, -0.1) is 5.10 Å². The van der Waals surface area contributed by atoms with Crippen molar-refractivity contribution in [3.63, 3.8) is 0 Å². The van der Waals surface area contributed by atoms with E-state index in [1.807, 2.05) is 24.3 Å². The van der Waals surface area contributed by atoms with Crippen molar-refractivity contribution in [2.45, 2.75) is 11.7 Å². The number of amidine groups is 1. The number of amides is 1. The molecule has 1 heterocycles. The van der Waals surface area contributed by atoms with Gasteiger partial charge < -0.3 is 10.1 Å². The first-order chi connectivity index (χ1) is 12.5. The molecule has 1 saturated heterocycles. The van der Waals surface area contributed by atoms with Crippen LogP contribution in [-0.2, 0) is 11.2 Å². The Bertz CT molecular complexity index is 869. The molecule has 5 nitrogen and oxygen atoms in total. The molecule has 8 heteroatoms. The maximum absolute atomic E-state index is 12.1. The second-order valence-electron chi connectivity index (χ2n) is 5.46. The average molecular weight is 408 g/mol. The molecule has 0 aliphatic carbocycles. The van der Waals surface area contributed by atoms with E-state index in [4.69, 9.17) is 27.9 Å². The molecule has 1 N–H and O–H groups in total. The van der Waals surface area contributed by atoms with Gasteiger partial charge in [-0.2, -0.15) is 5.10 Å². The lowest BCUT2D eigenvalue weighted by Gasteiger charge is -2.07. The van der Waals surface area contributed by atoms with Gasteiger partial charge in [0.05, 0.1) is 18.6 Å². The van der Waals surface area contributed by atoms with Crippen LogP contribution in [-0.4, -0.2) is 29.6 Å². The fraction of sp³-hybridized carbons (Fsp3) is 0.167. The molecular formula is C18H15Cl2N3O2S. The highest BCUT2D eigenvalue weighted by Crippen LogP contribution is 2.28. The number of ether oxygens (including phenoxy) is 1. The van der Waals surface area contributed by atoms with Gasteiger partial charge >= 0.3 is 0 Å². The summed E-state index contributed by atoms with van der Waals surface area (Å²) in [4.78, 5) is 12.1. The number of methoxy groups -OCH3 is 1. The van der Waals surface area contributed by atoms with Crippen LogP contribution < -0.4 is 10.1 Å². The Balaban J connectivity index is 1.63. The predicted octanol–water partition coefficient (Wildman–Crippen LogP) is 4.17. The summed E-state index contributed by atoms with van der Waals surface area (Å²) < 4.78 is 5.10. The molecule has 2 aromatic carbocycles. The largest absolute Gasteiger partial charge is 0.497 e. The van der Waals surface area contributed by atoms with Crippen LogP contribution in [0.4, 0.5) is 0 Å². The molecule has 26 heavy (non-hydrogen) atoms. The van der Waals surface area contributed by atoms with E-state index in [0.717, 1.165) is 16.9 Å². The molecule has 1 aliphatic heterocycles. The molecular weight excluding hydrogens is 393 g/mol. The molecule has 1 unspecified atom stereocenters. The summed E-state index contributed by atoms with van der Waals surface area (Å²) in [6, 6.07) is 12.6. The van der Waals surface area contributed by atoms with Crippen LogP contribution in [0.15, 0.2) is 52.7 Å². The Morgan fingerprint density at radius 1 is 1.23 bits per heavy atom. The van der Waals surface area contributed by atoms with E-state index in [-0.39, 0.29) is 11.2 Å². The zero-order valence-electron chi connectivity index (χ0n) is 13.8. The van der Waals surface area contributed by atoms with Crippen molar-refractivity contribution >= 4 is 52.3 Å². The third-order valence-electron chi connectivity index (χ3n) is 3.66. The van der Waals surface area contributed by atoms with Gasteiger partial charge in [0.2, 0.25) is 5.91 Å². The van der Waals surface area contributed by atoms with Gasteiger partial charge in [-0.05, 0) is 60.0 Å². The van der Waals surface area contributed by atoms with Crippen LogP contribution in [0.3, 0.4) is 0 Å². The van der Waals surface area contributed by atoms with E-state index in [0.29, 0.717) is 21.6 Å². The topological polar surface area (TPSA) is 63.1 Å². The number of halogens is 2. The van der Waals surface area contributed by atoms with E-state index in [9.17, 15) is 4.79 Å². The Hall–Kier alpha value is -2.02. The van der Waals surface area contributed by atoms with Gasteiger partial charge in [0.1, 0.15) is 5.75 Å². The average Bonchev–Trinajstić information content (AvgIpc) is 2.98. The number of thioether (sulfide) groups is 1. The number of nitrogens with one attached hydrogen (secondary N) is 1. The van der Waals surface area contributed by atoms with E-state index < -0.39 is 0 Å². The van der Waals surface area contributed by atoms with Crippen LogP contribution in [0, 0.1) is 0 Å². The molecule has 1 atom stereocenters. The minimum absolute atomic E-state index is 0.121. The Labute approximate surface area is 165 Å². The maximum Gasteiger partial charge on any atom is 0.239 e. The molecule has 3 rings (SSSR count). The lowest BCUT2D eigenvalue weighted by Crippen LogP contribution is -2.26. The summed E-state index contributed by atoms with van der Waals surface area (Å²) in [5.74, 6) is 0.652. The van der Waals surface area contributed by atoms with Crippen molar-refractivity contribution in [3.8, 4) is 5.75 Å². The second kappa shape index (κ2) is 8.58. The molecule has 0 spiro atoms. The van der Waals surface area contributed by atoms with Crippen LogP contribution >= 0.6 is 35.0 Å². The number of benzene rings is 2. The summed E-state index contributed by atoms with van der Waals surface area (Å²) in [5.41, 5.74) is 1.71. The second-order valence-corrected chi connectivity index (χ2v) is 7.49. The molecule has 2 aromatic rings. The van der Waals surface area contributed by atoms with Crippen LogP contribution in [0.25, 0.3) is 0 Å². The quantitative estimate of drug-likeness (QED) is 0.597. The van der Waals surface area contributed by atoms with E-state index in [1.165, 1.54) is 11.8 Å². The van der Waals surface area contributed by atoms with Crippen molar-refractivity contribution in [3.05, 3.63) is 63.6 Å². The van der Waals surface area contributed by atoms with Crippen LogP contribution in [0.2, 0.25) is 10.0 Å². The van der Waals surface area contributed by atoms with Crippen molar-refractivity contribution in [1.82, 2.24) is 5.32 Å². The van der Waals surface area contributed by atoms with Gasteiger partial charge in [0, 0.05) is 10.0 Å². The van der Waals surface area contributed by atoms with Crippen molar-refractivity contribution in [1.29, 1.82) is 0 Å². The summed E-state index contributed by atoms with van der Waals surface area (Å²) >= 11 is 13.5. The fourth-order valence-corrected chi connectivity index (χ4v) is 3.67. The number of hydrogen-bond acceptors (Lipinski definition) is 5. The highest BCUT2D eigenvalue weighted by Gasteiger charge is 2.31. The van der Waals surface area contributed by atoms with Gasteiger partial charge in [0.15, 0.2) is 5.17 Å².